The van der Waals surface area contributed by atoms with Gasteiger partial charge in [-0.3, -0.25) is 4.79 Å². The Kier molecular flexibility index (Phi) is 4.31. The van der Waals surface area contributed by atoms with Crippen LogP contribution in [0.2, 0.25) is 0 Å². The fourth-order valence-electron chi connectivity index (χ4n) is 2.03. The van der Waals surface area contributed by atoms with Crippen molar-refractivity contribution in [2.75, 3.05) is 0 Å². The number of amides is 1. The average Bonchev–Trinajstić information content (AvgIpc) is 2.41. The fraction of sp³-hybridized carbons (Fsp3) is 0.188. The SMILES string of the molecule is Cc1cccc(C(=O)NC(C)c2ccc(F)cc2F)c1F. The molecule has 0 aliphatic carbocycles. The Labute approximate surface area is 120 Å². The van der Waals surface area contributed by atoms with Crippen LogP contribution in [0.4, 0.5) is 13.2 Å². The summed E-state index contributed by atoms with van der Waals surface area (Å²) in [5.41, 5.74) is 0.380. The highest BCUT2D eigenvalue weighted by atomic mass is 19.1. The number of hydrogen-bond acceptors (Lipinski definition) is 1. The molecule has 21 heavy (non-hydrogen) atoms. The highest BCUT2D eigenvalue weighted by molar-refractivity contribution is 5.94. The van der Waals surface area contributed by atoms with E-state index in [1.54, 1.807) is 26.0 Å². The van der Waals surface area contributed by atoms with Crippen LogP contribution in [0.1, 0.15) is 34.5 Å². The molecular weight excluding hydrogens is 279 g/mol. The number of carbonyl (C=O) groups is 1. The van der Waals surface area contributed by atoms with E-state index < -0.39 is 29.4 Å². The van der Waals surface area contributed by atoms with Crippen LogP contribution in [0.5, 0.6) is 0 Å². The quantitative estimate of drug-likeness (QED) is 0.913. The zero-order chi connectivity index (χ0) is 15.6. The van der Waals surface area contributed by atoms with E-state index in [2.05, 4.69) is 5.32 Å². The van der Waals surface area contributed by atoms with Gasteiger partial charge in [-0.05, 0) is 31.5 Å². The molecule has 0 aliphatic heterocycles. The molecule has 5 heteroatoms. The van der Waals surface area contributed by atoms with E-state index in [0.29, 0.717) is 5.56 Å². The first-order chi connectivity index (χ1) is 9.90. The molecule has 110 valence electrons. The molecule has 0 aliphatic rings. The molecule has 1 atom stereocenters. The van der Waals surface area contributed by atoms with Gasteiger partial charge < -0.3 is 5.32 Å². The number of aryl methyl sites for hydroxylation is 1. The molecule has 1 N–H and O–H groups in total. The molecule has 0 saturated carbocycles. The van der Waals surface area contributed by atoms with Crippen LogP contribution in [0.15, 0.2) is 36.4 Å². The zero-order valence-electron chi connectivity index (χ0n) is 11.6. The van der Waals surface area contributed by atoms with E-state index >= 15 is 0 Å². The lowest BCUT2D eigenvalue weighted by Crippen LogP contribution is -2.28. The zero-order valence-corrected chi connectivity index (χ0v) is 11.6. The van der Waals surface area contributed by atoms with Crippen LogP contribution in [-0.2, 0) is 0 Å². The van der Waals surface area contributed by atoms with Gasteiger partial charge in [0, 0.05) is 11.6 Å². The Bertz CT molecular complexity index is 685. The second kappa shape index (κ2) is 5.99. The minimum Gasteiger partial charge on any atom is -0.345 e. The Morgan fingerprint density at radius 3 is 2.52 bits per heavy atom. The van der Waals surface area contributed by atoms with Crippen LogP contribution in [-0.4, -0.2) is 5.91 Å². The van der Waals surface area contributed by atoms with Crippen molar-refractivity contribution in [2.24, 2.45) is 0 Å². The van der Waals surface area contributed by atoms with Gasteiger partial charge in [0.15, 0.2) is 0 Å². The monoisotopic (exact) mass is 293 g/mol. The molecule has 2 nitrogen and oxygen atoms in total. The number of benzene rings is 2. The summed E-state index contributed by atoms with van der Waals surface area (Å²) in [6.07, 6.45) is 0. The number of carbonyl (C=O) groups excluding carboxylic acids is 1. The molecule has 0 heterocycles. The number of hydrogen-bond donors (Lipinski definition) is 1. The summed E-state index contributed by atoms with van der Waals surface area (Å²) in [6, 6.07) is 6.86. The maximum atomic E-state index is 13.9. The van der Waals surface area contributed by atoms with E-state index in [-0.39, 0.29) is 11.1 Å². The van der Waals surface area contributed by atoms with Crippen molar-refractivity contribution >= 4 is 5.91 Å². The van der Waals surface area contributed by atoms with Gasteiger partial charge >= 0.3 is 0 Å². The van der Waals surface area contributed by atoms with E-state index in [4.69, 9.17) is 0 Å². The predicted octanol–water partition coefficient (Wildman–Crippen LogP) is 3.90. The largest absolute Gasteiger partial charge is 0.345 e. The molecule has 0 aromatic heterocycles. The summed E-state index contributed by atoms with van der Waals surface area (Å²) in [5.74, 6) is -2.71. The van der Waals surface area contributed by atoms with Gasteiger partial charge in [0.1, 0.15) is 17.5 Å². The van der Waals surface area contributed by atoms with Crippen molar-refractivity contribution in [2.45, 2.75) is 19.9 Å². The third kappa shape index (κ3) is 3.24. The maximum Gasteiger partial charge on any atom is 0.254 e. The molecule has 0 fully saturated rings. The Balaban J connectivity index is 2.21. The smallest absolute Gasteiger partial charge is 0.254 e. The summed E-state index contributed by atoms with van der Waals surface area (Å²) in [6.45, 7) is 3.09. The lowest BCUT2D eigenvalue weighted by molar-refractivity contribution is 0.0935. The van der Waals surface area contributed by atoms with Crippen molar-refractivity contribution in [3.05, 3.63) is 70.5 Å². The molecule has 2 aromatic rings. The van der Waals surface area contributed by atoms with E-state index in [1.165, 1.54) is 12.1 Å². The van der Waals surface area contributed by atoms with Crippen LogP contribution in [0.25, 0.3) is 0 Å². The van der Waals surface area contributed by atoms with E-state index in [9.17, 15) is 18.0 Å². The van der Waals surface area contributed by atoms with Crippen LogP contribution in [0, 0.1) is 24.4 Å². The summed E-state index contributed by atoms with van der Waals surface area (Å²) >= 11 is 0. The van der Waals surface area contributed by atoms with E-state index in [1.807, 2.05) is 0 Å². The topological polar surface area (TPSA) is 29.1 Å². The first-order valence-electron chi connectivity index (χ1n) is 6.41. The van der Waals surface area contributed by atoms with Gasteiger partial charge in [0.25, 0.3) is 5.91 Å². The average molecular weight is 293 g/mol. The molecule has 1 unspecified atom stereocenters. The van der Waals surface area contributed by atoms with Gasteiger partial charge in [-0.1, -0.05) is 18.2 Å². The second-order valence-electron chi connectivity index (χ2n) is 4.80. The summed E-state index contributed by atoms with van der Waals surface area (Å²) in [7, 11) is 0. The van der Waals surface area contributed by atoms with Gasteiger partial charge in [-0.15, -0.1) is 0 Å². The minimum absolute atomic E-state index is 0.107. The highest BCUT2D eigenvalue weighted by Gasteiger charge is 2.18. The number of nitrogens with one attached hydrogen (secondary N) is 1. The summed E-state index contributed by atoms with van der Waals surface area (Å²) in [5, 5.41) is 2.50. The third-order valence-electron chi connectivity index (χ3n) is 3.21. The Morgan fingerprint density at radius 1 is 1.14 bits per heavy atom. The number of rotatable bonds is 3. The molecule has 0 saturated heterocycles. The molecule has 2 aromatic carbocycles. The second-order valence-corrected chi connectivity index (χ2v) is 4.80. The van der Waals surface area contributed by atoms with Gasteiger partial charge in [0.2, 0.25) is 0 Å². The fourth-order valence-corrected chi connectivity index (χ4v) is 2.03. The van der Waals surface area contributed by atoms with Crippen LogP contribution < -0.4 is 5.32 Å². The molecule has 2 rings (SSSR count). The van der Waals surface area contributed by atoms with Crippen molar-refractivity contribution < 1.29 is 18.0 Å². The maximum absolute atomic E-state index is 13.9. The predicted molar refractivity (Wildman–Crippen MR) is 73.4 cm³/mol. The third-order valence-corrected chi connectivity index (χ3v) is 3.21. The standard InChI is InChI=1S/C16H14F3NO/c1-9-4-3-5-13(15(9)19)16(21)20-10(2)12-7-6-11(17)8-14(12)18/h3-8,10H,1-2H3,(H,20,21). The van der Waals surface area contributed by atoms with Crippen molar-refractivity contribution in [3.63, 3.8) is 0 Å². The summed E-state index contributed by atoms with van der Waals surface area (Å²) < 4.78 is 40.3. The Hall–Kier alpha value is -2.30. The van der Waals surface area contributed by atoms with Crippen molar-refractivity contribution in [3.8, 4) is 0 Å². The van der Waals surface area contributed by atoms with Crippen LogP contribution in [0.3, 0.4) is 0 Å². The van der Waals surface area contributed by atoms with Crippen molar-refractivity contribution in [1.29, 1.82) is 0 Å². The van der Waals surface area contributed by atoms with Crippen LogP contribution >= 0.6 is 0 Å². The first-order valence-corrected chi connectivity index (χ1v) is 6.41. The molecular formula is C16H14F3NO. The molecule has 0 radical (unpaired) electrons. The molecule has 0 spiro atoms. The Morgan fingerprint density at radius 2 is 1.86 bits per heavy atom. The lowest BCUT2D eigenvalue weighted by Gasteiger charge is -2.15. The molecule has 1 amide bonds. The first kappa shape index (κ1) is 15.1. The molecule has 0 bridgehead atoms. The summed E-state index contributed by atoms with van der Waals surface area (Å²) in [4.78, 5) is 12.0. The van der Waals surface area contributed by atoms with Crippen molar-refractivity contribution in [1.82, 2.24) is 5.32 Å². The van der Waals surface area contributed by atoms with Gasteiger partial charge in [0.05, 0.1) is 11.6 Å². The van der Waals surface area contributed by atoms with E-state index in [0.717, 1.165) is 12.1 Å². The number of halogens is 3. The normalized spacial score (nSPS) is 12.0. The minimum atomic E-state index is -0.757. The lowest BCUT2D eigenvalue weighted by atomic mass is 10.1. The highest BCUT2D eigenvalue weighted by Crippen LogP contribution is 2.19. The van der Waals surface area contributed by atoms with Gasteiger partial charge in [-0.25, -0.2) is 13.2 Å². The van der Waals surface area contributed by atoms with Gasteiger partial charge in [-0.2, -0.15) is 0 Å².